The van der Waals surface area contributed by atoms with Crippen molar-refractivity contribution in [1.82, 2.24) is 10.4 Å². The number of aryl methyl sites for hydroxylation is 1. The molecule has 1 amide bonds. The van der Waals surface area contributed by atoms with Crippen LogP contribution in [0.1, 0.15) is 45.7 Å². The van der Waals surface area contributed by atoms with E-state index in [9.17, 15) is 28.1 Å². The van der Waals surface area contributed by atoms with Gasteiger partial charge in [-0.05, 0) is 19.1 Å². The van der Waals surface area contributed by atoms with Gasteiger partial charge in [-0.3, -0.25) is 25.8 Å². The first-order chi connectivity index (χ1) is 12.0. The highest BCUT2D eigenvalue weighted by atomic mass is 32.1. The minimum absolute atomic E-state index is 0.129. The number of alkyl halides is 3. The standard InChI is InChI=1S/C15H15F3N4O3S/c1-7(2)14-19-8(3)12(26-14)13(23)21-20-10-5-4-9(15(16,17)18)6-11(10)22(24)25/h4-7,20H,1-3H3,(H,21,23). The molecule has 0 aliphatic carbocycles. The predicted octanol–water partition coefficient (Wildman–Crippen LogP) is 4.26. The third kappa shape index (κ3) is 4.28. The average Bonchev–Trinajstić information content (AvgIpc) is 2.93. The molecule has 0 saturated carbocycles. The van der Waals surface area contributed by atoms with Crippen LogP contribution in [0.4, 0.5) is 24.5 Å². The van der Waals surface area contributed by atoms with Crippen molar-refractivity contribution < 1.29 is 22.9 Å². The topological polar surface area (TPSA) is 97.2 Å². The number of nitrogens with one attached hydrogen (secondary N) is 2. The van der Waals surface area contributed by atoms with Crippen LogP contribution >= 0.6 is 11.3 Å². The van der Waals surface area contributed by atoms with Crippen molar-refractivity contribution in [3.8, 4) is 0 Å². The van der Waals surface area contributed by atoms with Crippen molar-refractivity contribution in [2.75, 3.05) is 5.43 Å². The fourth-order valence-corrected chi connectivity index (χ4v) is 2.98. The van der Waals surface area contributed by atoms with E-state index < -0.39 is 28.3 Å². The lowest BCUT2D eigenvalue weighted by molar-refractivity contribution is -0.384. The van der Waals surface area contributed by atoms with Gasteiger partial charge in [0.15, 0.2) is 0 Å². The van der Waals surface area contributed by atoms with E-state index in [1.54, 1.807) is 6.92 Å². The second kappa shape index (κ2) is 7.28. The van der Waals surface area contributed by atoms with Crippen molar-refractivity contribution in [3.63, 3.8) is 0 Å². The Morgan fingerprint density at radius 3 is 2.50 bits per heavy atom. The molecule has 0 atom stereocenters. The van der Waals surface area contributed by atoms with Gasteiger partial charge in [0.2, 0.25) is 0 Å². The Kier molecular flexibility index (Phi) is 5.50. The van der Waals surface area contributed by atoms with E-state index in [0.717, 1.165) is 11.1 Å². The van der Waals surface area contributed by atoms with Crippen molar-refractivity contribution >= 4 is 28.6 Å². The molecule has 0 aliphatic rings. The number of aromatic nitrogens is 1. The molecule has 140 valence electrons. The highest BCUT2D eigenvalue weighted by Crippen LogP contribution is 2.34. The number of halogens is 3. The monoisotopic (exact) mass is 388 g/mol. The summed E-state index contributed by atoms with van der Waals surface area (Å²) in [5.74, 6) is -0.453. The van der Waals surface area contributed by atoms with Crippen LogP contribution in [0.25, 0.3) is 0 Å². The number of hydrogen-bond acceptors (Lipinski definition) is 6. The van der Waals surface area contributed by atoms with Gasteiger partial charge in [0, 0.05) is 12.0 Å². The second-order valence-corrected chi connectivity index (χ2v) is 6.72. The molecule has 2 N–H and O–H groups in total. The molecule has 7 nitrogen and oxygen atoms in total. The number of hydrazine groups is 1. The summed E-state index contributed by atoms with van der Waals surface area (Å²) in [6.07, 6.45) is -4.71. The number of nitro benzene ring substituents is 1. The van der Waals surface area contributed by atoms with Gasteiger partial charge in [-0.1, -0.05) is 13.8 Å². The molecule has 0 saturated heterocycles. The predicted molar refractivity (Wildman–Crippen MR) is 90.1 cm³/mol. The first-order valence-corrected chi connectivity index (χ1v) is 8.21. The number of rotatable bonds is 5. The normalized spacial score (nSPS) is 11.5. The number of nitrogens with zero attached hydrogens (tertiary/aromatic N) is 2. The van der Waals surface area contributed by atoms with Crippen LogP contribution in [-0.2, 0) is 6.18 Å². The lowest BCUT2D eigenvalue weighted by atomic mass is 10.1. The van der Waals surface area contributed by atoms with Gasteiger partial charge in [0.05, 0.1) is 21.2 Å². The molecule has 2 rings (SSSR count). The van der Waals surface area contributed by atoms with Crippen molar-refractivity contribution in [3.05, 3.63) is 49.5 Å². The molecular formula is C15H15F3N4O3S. The lowest BCUT2D eigenvalue weighted by Gasteiger charge is -2.11. The highest BCUT2D eigenvalue weighted by molar-refractivity contribution is 7.13. The molecule has 0 bridgehead atoms. The summed E-state index contributed by atoms with van der Waals surface area (Å²) in [4.78, 5) is 26.9. The van der Waals surface area contributed by atoms with Crippen LogP contribution in [0.5, 0.6) is 0 Å². The largest absolute Gasteiger partial charge is 0.416 e. The molecule has 0 aliphatic heterocycles. The Morgan fingerprint density at radius 2 is 2.00 bits per heavy atom. The van der Waals surface area contributed by atoms with E-state index >= 15 is 0 Å². The Balaban J connectivity index is 2.21. The van der Waals surface area contributed by atoms with Crippen molar-refractivity contribution in [2.45, 2.75) is 32.9 Å². The van der Waals surface area contributed by atoms with E-state index in [1.165, 1.54) is 11.3 Å². The molecule has 0 fully saturated rings. The third-order valence-corrected chi connectivity index (χ3v) is 4.80. The minimum atomic E-state index is -4.71. The first-order valence-electron chi connectivity index (χ1n) is 7.40. The van der Waals surface area contributed by atoms with E-state index in [4.69, 9.17) is 0 Å². The summed E-state index contributed by atoms with van der Waals surface area (Å²) in [6, 6.07) is 1.99. The van der Waals surface area contributed by atoms with Gasteiger partial charge in [-0.25, -0.2) is 4.98 Å². The maximum Gasteiger partial charge on any atom is 0.416 e. The molecule has 0 unspecified atom stereocenters. The summed E-state index contributed by atoms with van der Waals surface area (Å²) in [6.45, 7) is 5.49. The van der Waals surface area contributed by atoms with Gasteiger partial charge in [-0.2, -0.15) is 13.2 Å². The molecule has 0 radical (unpaired) electrons. The quantitative estimate of drug-likeness (QED) is 0.589. The first kappa shape index (κ1) is 19.6. The zero-order valence-corrected chi connectivity index (χ0v) is 14.8. The van der Waals surface area contributed by atoms with Crippen molar-refractivity contribution in [1.29, 1.82) is 0 Å². The van der Waals surface area contributed by atoms with Gasteiger partial charge < -0.3 is 0 Å². The summed E-state index contributed by atoms with van der Waals surface area (Å²) >= 11 is 1.18. The molecule has 1 heterocycles. The SMILES string of the molecule is Cc1nc(C(C)C)sc1C(=O)NNc1ccc(C(F)(F)F)cc1[N+](=O)[O-]. The van der Waals surface area contributed by atoms with E-state index in [-0.39, 0.29) is 11.6 Å². The Morgan fingerprint density at radius 1 is 1.35 bits per heavy atom. The number of anilines is 1. The summed E-state index contributed by atoms with van der Waals surface area (Å²) in [5, 5.41) is 11.8. The van der Waals surface area contributed by atoms with Crippen LogP contribution in [-0.4, -0.2) is 15.8 Å². The molecule has 26 heavy (non-hydrogen) atoms. The number of thiazole rings is 1. The average molecular weight is 388 g/mol. The van der Waals surface area contributed by atoms with Crippen LogP contribution < -0.4 is 10.9 Å². The van der Waals surface area contributed by atoms with Gasteiger partial charge in [0.1, 0.15) is 10.6 Å². The van der Waals surface area contributed by atoms with E-state index in [0.29, 0.717) is 22.7 Å². The van der Waals surface area contributed by atoms with Gasteiger partial charge >= 0.3 is 6.18 Å². The molecule has 2 aromatic rings. The van der Waals surface area contributed by atoms with Crippen LogP contribution in [0.15, 0.2) is 18.2 Å². The summed E-state index contributed by atoms with van der Waals surface area (Å²) in [5.41, 5.74) is 2.85. The number of amides is 1. The molecule has 1 aromatic carbocycles. The van der Waals surface area contributed by atoms with Crippen LogP contribution in [0, 0.1) is 17.0 Å². The number of nitro groups is 1. The van der Waals surface area contributed by atoms with E-state index in [1.807, 2.05) is 13.8 Å². The van der Waals surface area contributed by atoms with Crippen molar-refractivity contribution in [2.24, 2.45) is 0 Å². The molecule has 1 aromatic heterocycles. The number of carbonyl (C=O) groups excluding carboxylic acids is 1. The van der Waals surface area contributed by atoms with Gasteiger partial charge in [-0.15, -0.1) is 11.3 Å². The van der Waals surface area contributed by atoms with Gasteiger partial charge in [0.25, 0.3) is 11.6 Å². The fourth-order valence-electron chi connectivity index (χ4n) is 2.02. The lowest BCUT2D eigenvalue weighted by Crippen LogP contribution is -2.29. The zero-order valence-electron chi connectivity index (χ0n) is 14.0. The zero-order chi connectivity index (χ0) is 19.6. The number of hydrogen-bond donors (Lipinski definition) is 2. The number of benzene rings is 1. The van der Waals surface area contributed by atoms with E-state index in [2.05, 4.69) is 15.8 Å². The Hall–Kier alpha value is -2.69. The van der Waals surface area contributed by atoms with Crippen LogP contribution in [0.2, 0.25) is 0 Å². The summed E-state index contributed by atoms with van der Waals surface area (Å²) in [7, 11) is 0. The number of carbonyl (C=O) groups is 1. The molecule has 0 spiro atoms. The smallest absolute Gasteiger partial charge is 0.292 e. The molecular weight excluding hydrogens is 373 g/mol. The maximum atomic E-state index is 12.7. The fraction of sp³-hybridized carbons (Fsp3) is 0.333. The minimum Gasteiger partial charge on any atom is -0.292 e. The van der Waals surface area contributed by atoms with Crippen LogP contribution in [0.3, 0.4) is 0 Å². The Labute approximate surface area is 150 Å². The summed E-state index contributed by atoms with van der Waals surface area (Å²) < 4.78 is 38.1. The Bertz CT molecular complexity index is 849. The molecule has 11 heteroatoms. The highest BCUT2D eigenvalue weighted by Gasteiger charge is 2.33. The second-order valence-electron chi connectivity index (χ2n) is 5.69. The third-order valence-electron chi connectivity index (χ3n) is 3.35. The maximum absolute atomic E-state index is 12.7.